The first kappa shape index (κ1) is 29.6. The number of aryl methyl sites for hydroxylation is 3. The first-order valence-corrected chi connectivity index (χ1v) is 15.2. The maximum Gasteiger partial charge on any atom is 0.319 e. The van der Waals surface area contributed by atoms with Crippen molar-refractivity contribution in [1.82, 2.24) is 20.4 Å². The topological polar surface area (TPSA) is 105 Å². The van der Waals surface area contributed by atoms with E-state index < -0.39 is 0 Å². The van der Waals surface area contributed by atoms with Crippen LogP contribution in [0.1, 0.15) is 66.7 Å². The van der Waals surface area contributed by atoms with Gasteiger partial charge in [0.25, 0.3) is 5.91 Å². The van der Waals surface area contributed by atoms with Crippen molar-refractivity contribution in [1.29, 1.82) is 0 Å². The van der Waals surface area contributed by atoms with Crippen molar-refractivity contribution in [3.63, 3.8) is 0 Å². The molecule has 9 heteroatoms. The van der Waals surface area contributed by atoms with E-state index in [-0.39, 0.29) is 18.0 Å². The molecule has 0 bridgehead atoms. The van der Waals surface area contributed by atoms with Crippen molar-refractivity contribution in [2.75, 3.05) is 48.8 Å². The van der Waals surface area contributed by atoms with Crippen molar-refractivity contribution in [3.05, 3.63) is 70.9 Å². The van der Waals surface area contributed by atoms with Gasteiger partial charge in [-0.15, -0.1) is 0 Å². The van der Waals surface area contributed by atoms with Gasteiger partial charge in [-0.25, -0.2) is 4.79 Å². The largest absolute Gasteiger partial charge is 0.369 e. The molecule has 224 valence electrons. The lowest BCUT2D eigenvalue weighted by atomic mass is 9.76. The molecule has 42 heavy (non-hydrogen) atoms. The number of urea groups is 1. The van der Waals surface area contributed by atoms with Gasteiger partial charge < -0.3 is 25.8 Å². The number of aromatic amines is 1. The number of aromatic nitrogens is 2. The van der Waals surface area contributed by atoms with E-state index in [1.807, 2.05) is 48.5 Å². The van der Waals surface area contributed by atoms with Crippen LogP contribution >= 0.6 is 0 Å². The lowest BCUT2D eigenvalue weighted by Gasteiger charge is -2.34. The van der Waals surface area contributed by atoms with Gasteiger partial charge in [-0.2, -0.15) is 5.10 Å². The zero-order valence-corrected chi connectivity index (χ0v) is 25.4. The van der Waals surface area contributed by atoms with Crippen molar-refractivity contribution in [2.45, 2.75) is 65.3 Å². The fourth-order valence-corrected chi connectivity index (χ4v) is 5.81. The quantitative estimate of drug-likeness (QED) is 0.282. The molecule has 1 aliphatic carbocycles. The molecular formula is C33H45N7O2. The zero-order chi connectivity index (χ0) is 29.7. The third-order valence-corrected chi connectivity index (χ3v) is 8.82. The molecule has 4 N–H and O–H groups in total. The Hall–Kier alpha value is -3.85. The molecule has 0 atom stereocenters. The number of anilines is 3. The number of H-pyrrole nitrogens is 1. The Bertz CT molecular complexity index is 1360. The fourth-order valence-electron chi connectivity index (χ4n) is 5.81. The molecule has 5 rings (SSSR count). The predicted octanol–water partition coefficient (Wildman–Crippen LogP) is 5.60. The fraction of sp³-hybridized carbons (Fsp3) is 0.485. The normalized spacial score (nSPS) is 17.6. The van der Waals surface area contributed by atoms with Gasteiger partial charge in [-0.05, 0) is 105 Å². The van der Waals surface area contributed by atoms with Crippen LogP contribution in [0.2, 0.25) is 0 Å². The number of carbonyl (C=O) groups is 2. The molecule has 1 aromatic heterocycles. The minimum absolute atomic E-state index is 0.141. The number of piperazine rings is 1. The minimum atomic E-state index is -0.178. The van der Waals surface area contributed by atoms with Crippen LogP contribution in [0.5, 0.6) is 0 Å². The van der Waals surface area contributed by atoms with Crippen LogP contribution in [0.15, 0.2) is 48.5 Å². The summed E-state index contributed by atoms with van der Waals surface area (Å²) >= 11 is 0. The van der Waals surface area contributed by atoms with Crippen molar-refractivity contribution < 1.29 is 9.59 Å². The molecular weight excluding hydrogens is 526 g/mol. The molecule has 0 unspecified atom stereocenters. The summed E-state index contributed by atoms with van der Waals surface area (Å²) in [4.78, 5) is 30.1. The summed E-state index contributed by atoms with van der Waals surface area (Å²) in [5.74, 6) is 0.330. The number of rotatable bonds is 8. The first-order valence-electron chi connectivity index (χ1n) is 15.2. The number of hydrogen-bond donors (Lipinski definition) is 4. The predicted molar refractivity (Wildman–Crippen MR) is 169 cm³/mol. The van der Waals surface area contributed by atoms with Gasteiger partial charge in [-0.3, -0.25) is 9.89 Å². The number of nitrogens with zero attached hydrogens (tertiary/aromatic N) is 3. The highest BCUT2D eigenvalue weighted by Gasteiger charge is 2.27. The van der Waals surface area contributed by atoms with Crippen molar-refractivity contribution in [2.24, 2.45) is 5.41 Å². The second-order valence-corrected chi connectivity index (χ2v) is 12.7. The van der Waals surface area contributed by atoms with Gasteiger partial charge in [0.1, 0.15) is 0 Å². The Morgan fingerprint density at radius 3 is 2.38 bits per heavy atom. The molecule has 3 amide bonds. The molecule has 3 aromatic rings. The molecule has 2 fully saturated rings. The monoisotopic (exact) mass is 571 g/mol. The summed E-state index contributed by atoms with van der Waals surface area (Å²) in [5, 5.41) is 16.4. The van der Waals surface area contributed by atoms with E-state index in [4.69, 9.17) is 0 Å². The van der Waals surface area contributed by atoms with E-state index in [0.717, 1.165) is 87.3 Å². The van der Waals surface area contributed by atoms with E-state index in [9.17, 15) is 9.59 Å². The van der Waals surface area contributed by atoms with E-state index in [0.29, 0.717) is 16.8 Å². The average molecular weight is 572 g/mol. The highest BCUT2D eigenvalue weighted by molar-refractivity contribution is 6.04. The Morgan fingerprint density at radius 1 is 0.952 bits per heavy atom. The van der Waals surface area contributed by atoms with Crippen LogP contribution < -0.4 is 20.9 Å². The van der Waals surface area contributed by atoms with E-state index >= 15 is 0 Å². The maximum absolute atomic E-state index is 12.8. The zero-order valence-electron chi connectivity index (χ0n) is 25.4. The van der Waals surface area contributed by atoms with Crippen LogP contribution in [0.4, 0.5) is 22.0 Å². The summed E-state index contributed by atoms with van der Waals surface area (Å²) in [6.45, 7) is 10.7. The standard InChI is InChI=1S/C33H45N7O2/c1-23-5-9-27(35-32(42)34-26-13-15-33(2,3)16-14-26)21-25(23)6-10-28-22-30(38-37-28)36-31(41)24-7-11-29(12-8-24)40-19-17-39(4)18-20-40/h5,7-9,11-12,21-22,26H,6,10,13-20H2,1-4H3,(H2,34,35,42)(H2,36,37,38,41). The van der Waals surface area contributed by atoms with Crippen LogP contribution in [0.25, 0.3) is 0 Å². The Kier molecular flexibility index (Phi) is 9.16. The van der Waals surface area contributed by atoms with Crippen molar-refractivity contribution >= 4 is 29.1 Å². The molecule has 0 radical (unpaired) electrons. The van der Waals surface area contributed by atoms with E-state index in [2.05, 4.69) is 63.8 Å². The Labute approximate surface area is 249 Å². The lowest BCUT2D eigenvalue weighted by Crippen LogP contribution is -2.44. The van der Waals surface area contributed by atoms with Gasteiger partial charge in [-0.1, -0.05) is 19.9 Å². The minimum Gasteiger partial charge on any atom is -0.369 e. The van der Waals surface area contributed by atoms with E-state index in [1.54, 1.807) is 0 Å². The maximum atomic E-state index is 12.8. The number of hydrogen-bond acceptors (Lipinski definition) is 5. The highest BCUT2D eigenvalue weighted by Crippen LogP contribution is 2.35. The SMILES string of the molecule is Cc1ccc(NC(=O)NC2CCC(C)(C)CC2)cc1CCc1cc(NC(=O)c2ccc(N3CCN(C)CC3)cc2)n[nH]1. The molecule has 2 aliphatic rings. The Morgan fingerprint density at radius 2 is 1.67 bits per heavy atom. The van der Waals surface area contributed by atoms with Gasteiger partial charge >= 0.3 is 6.03 Å². The number of likely N-dealkylation sites (N-methyl/N-ethyl adjacent to an activating group) is 1. The second kappa shape index (κ2) is 13.0. The number of amides is 3. The summed E-state index contributed by atoms with van der Waals surface area (Å²) in [6, 6.07) is 15.8. The van der Waals surface area contributed by atoms with Crippen LogP contribution in [-0.2, 0) is 12.8 Å². The molecule has 9 nitrogen and oxygen atoms in total. The van der Waals surface area contributed by atoms with Gasteiger partial charge in [0.15, 0.2) is 5.82 Å². The summed E-state index contributed by atoms with van der Waals surface area (Å²) in [6.07, 6.45) is 5.83. The van der Waals surface area contributed by atoms with Crippen LogP contribution in [-0.4, -0.2) is 66.3 Å². The lowest BCUT2D eigenvalue weighted by molar-refractivity contribution is 0.102. The van der Waals surface area contributed by atoms with Crippen molar-refractivity contribution in [3.8, 4) is 0 Å². The van der Waals surface area contributed by atoms with Gasteiger partial charge in [0.05, 0.1) is 0 Å². The molecule has 1 aliphatic heterocycles. The third-order valence-electron chi connectivity index (χ3n) is 8.82. The van der Waals surface area contributed by atoms with Crippen LogP contribution in [0, 0.1) is 12.3 Å². The average Bonchev–Trinajstić information content (AvgIpc) is 3.42. The molecule has 2 heterocycles. The Balaban J connectivity index is 1.10. The molecule has 0 spiro atoms. The highest BCUT2D eigenvalue weighted by atomic mass is 16.2. The molecule has 1 saturated carbocycles. The van der Waals surface area contributed by atoms with Gasteiger partial charge in [0, 0.05) is 60.9 Å². The number of benzene rings is 2. The number of nitrogens with one attached hydrogen (secondary N) is 4. The van der Waals surface area contributed by atoms with Crippen LogP contribution in [0.3, 0.4) is 0 Å². The third kappa shape index (κ3) is 7.91. The smallest absolute Gasteiger partial charge is 0.319 e. The summed E-state index contributed by atoms with van der Waals surface area (Å²) in [7, 11) is 2.14. The molecule has 1 saturated heterocycles. The van der Waals surface area contributed by atoms with E-state index in [1.165, 1.54) is 5.56 Å². The second-order valence-electron chi connectivity index (χ2n) is 12.7. The summed E-state index contributed by atoms with van der Waals surface area (Å²) in [5.41, 5.74) is 6.18. The molecule has 2 aromatic carbocycles. The number of carbonyl (C=O) groups excluding carboxylic acids is 2. The summed E-state index contributed by atoms with van der Waals surface area (Å²) < 4.78 is 0. The first-order chi connectivity index (χ1) is 20.1. The van der Waals surface area contributed by atoms with Gasteiger partial charge in [0.2, 0.25) is 0 Å².